The second-order valence-electron chi connectivity index (χ2n) is 10.6. The number of benzene rings is 2. The number of carboxylic acid groups (broad SMARTS) is 1. The van der Waals surface area contributed by atoms with Crippen LogP contribution in [0.1, 0.15) is 56.6 Å². The number of carbonyl (C=O) groups is 3. The van der Waals surface area contributed by atoms with E-state index >= 15 is 0 Å². The third kappa shape index (κ3) is 3.87. The van der Waals surface area contributed by atoms with Crippen LogP contribution >= 0.6 is 0 Å². The van der Waals surface area contributed by atoms with Crippen LogP contribution in [0.25, 0.3) is 11.1 Å². The molecule has 3 aliphatic carbocycles. The molecule has 0 aromatic heterocycles. The molecule has 3 N–H and O–H groups in total. The predicted molar refractivity (Wildman–Crippen MR) is 131 cm³/mol. The van der Waals surface area contributed by atoms with E-state index in [4.69, 9.17) is 4.74 Å². The van der Waals surface area contributed by atoms with Crippen LogP contribution in [0.3, 0.4) is 0 Å². The minimum atomic E-state index is -1.05. The van der Waals surface area contributed by atoms with Crippen molar-refractivity contribution in [2.24, 2.45) is 16.7 Å². The summed E-state index contributed by atoms with van der Waals surface area (Å²) >= 11 is 0. The molecular formula is C28H32N2O5. The number of hydrogen-bond acceptors (Lipinski definition) is 4. The molecule has 5 rings (SSSR count). The molecule has 2 atom stereocenters. The summed E-state index contributed by atoms with van der Waals surface area (Å²) in [5, 5.41) is 15.1. The molecule has 2 aromatic carbocycles. The van der Waals surface area contributed by atoms with Crippen molar-refractivity contribution in [3.63, 3.8) is 0 Å². The van der Waals surface area contributed by atoms with E-state index in [1.54, 1.807) is 13.8 Å². The van der Waals surface area contributed by atoms with Gasteiger partial charge < -0.3 is 20.5 Å². The average Bonchev–Trinajstić information content (AvgIpc) is 3.44. The molecule has 7 nitrogen and oxygen atoms in total. The van der Waals surface area contributed by atoms with Gasteiger partial charge in [0.05, 0.1) is 5.41 Å². The molecule has 0 heterocycles. The van der Waals surface area contributed by atoms with Crippen LogP contribution in [0, 0.1) is 16.7 Å². The molecular weight excluding hydrogens is 444 g/mol. The summed E-state index contributed by atoms with van der Waals surface area (Å²) in [5.41, 5.74) is 3.71. The highest BCUT2D eigenvalue weighted by molar-refractivity contribution is 5.91. The van der Waals surface area contributed by atoms with Gasteiger partial charge in [-0.25, -0.2) is 9.59 Å². The molecule has 0 bridgehead atoms. The van der Waals surface area contributed by atoms with E-state index < -0.39 is 23.5 Å². The van der Waals surface area contributed by atoms with Gasteiger partial charge in [0, 0.05) is 12.5 Å². The molecule has 184 valence electrons. The Labute approximate surface area is 205 Å². The SMILES string of the molecule is CC(C)[C@@H](NC(=O)C1(CNC(=O)OCC2c3ccccc3-c3ccccc32)CC12CCC2)C(=O)O. The molecule has 2 amide bonds. The van der Waals surface area contributed by atoms with Crippen LogP contribution in [0.2, 0.25) is 0 Å². The van der Waals surface area contributed by atoms with Gasteiger partial charge in [-0.15, -0.1) is 0 Å². The van der Waals surface area contributed by atoms with Crippen LogP contribution in [0.15, 0.2) is 48.5 Å². The molecule has 35 heavy (non-hydrogen) atoms. The molecule has 0 radical (unpaired) electrons. The summed E-state index contributed by atoms with van der Waals surface area (Å²) in [6.07, 6.45) is 3.00. The maximum atomic E-state index is 13.2. The van der Waals surface area contributed by atoms with Crippen molar-refractivity contribution in [2.75, 3.05) is 13.2 Å². The molecule has 3 aliphatic rings. The lowest BCUT2D eigenvalue weighted by Gasteiger charge is -2.33. The number of fused-ring (bicyclic) bond motifs is 3. The van der Waals surface area contributed by atoms with Gasteiger partial charge in [-0.2, -0.15) is 0 Å². The van der Waals surface area contributed by atoms with E-state index in [0.29, 0.717) is 6.42 Å². The fraction of sp³-hybridized carbons (Fsp3) is 0.464. The fourth-order valence-corrected chi connectivity index (χ4v) is 6.11. The maximum absolute atomic E-state index is 13.2. The molecule has 1 spiro atoms. The fourth-order valence-electron chi connectivity index (χ4n) is 6.11. The van der Waals surface area contributed by atoms with E-state index in [1.165, 1.54) is 0 Å². The molecule has 0 aliphatic heterocycles. The second kappa shape index (κ2) is 8.70. The summed E-state index contributed by atoms with van der Waals surface area (Å²) in [6.45, 7) is 3.90. The molecule has 7 heteroatoms. The topological polar surface area (TPSA) is 105 Å². The predicted octanol–water partition coefficient (Wildman–Crippen LogP) is 4.31. The Balaban J connectivity index is 1.23. The summed E-state index contributed by atoms with van der Waals surface area (Å²) < 4.78 is 5.64. The van der Waals surface area contributed by atoms with Crippen molar-refractivity contribution >= 4 is 18.0 Å². The third-order valence-corrected chi connectivity index (χ3v) is 8.37. The van der Waals surface area contributed by atoms with Crippen molar-refractivity contribution in [3.05, 3.63) is 59.7 Å². The third-order valence-electron chi connectivity index (χ3n) is 8.37. The van der Waals surface area contributed by atoms with Crippen molar-refractivity contribution in [1.29, 1.82) is 0 Å². The number of alkyl carbamates (subject to hydrolysis) is 1. The molecule has 0 saturated heterocycles. The molecule has 2 saturated carbocycles. The highest BCUT2D eigenvalue weighted by Crippen LogP contribution is 2.73. The monoisotopic (exact) mass is 476 g/mol. The summed E-state index contributed by atoms with van der Waals surface area (Å²) in [4.78, 5) is 37.6. The minimum absolute atomic E-state index is 0.0355. The van der Waals surface area contributed by atoms with Gasteiger partial charge in [0.1, 0.15) is 12.6 Å². The number of rotatable bonds is 8. The van der Waals surface area contributed by atoms with Crippen molar-refractivity contribution < 1.29 is 24.2 Å². The first-order valence-electron chi connectivity index (χ1n) is 12.4. The number of aliphatic carboxylic acids is 1. The second-order valence-corrected chi connectivity index (χ2v) is 10.6. The van der Waals surface area contributed by atoms with Crippen LogP contribution in [0.5, 0.6) is 0 Å². The van der Waals surface area contributed by atoms with Gasteiger partial charge in [0.2, 0.25) is 5.91 Å². The van der Waals surface area contributed by atoms with E-state index in [1.807, 2.05) is 24.3 Å². The van der Waals surface area contributed by atoms with Gasteiger partial charge in [0.25, 0.3) is 0 Å². The Hall–Kier alpha value is -3.35. The van der Waals surface area contributed by atoms with E-state index in [-0.39, 0.29) is 36.3 Å². The zero-order valence-electron chi connectivity index (χ0n) is 20.2. The number of carbonyl (C=O) groups excluding carboxylic acids is 2. The normalized spacial score (nSPS) is 22.0. The van der Waals surface area contributed by atoms with Crippen molar-refractivity contribution in [1.82, 2.24) is 10.6 Å². The van der Waals surface area contributed by atoms with Crippen LogP contribution in [-0.4, -0.2) is 42.3 Å². The van der Waals surface area contributed by atoms with E-state index in [0.717, 1.165) is 41.5 Å². The zero-order chi connectivity index (χ0) is 24.8. The van der Waals surface area contributed by atoms with E-state index in [2.05, 4.69) is 34.9 Å². The number of nitrogens with one attached hydrogen (secondary N) is 2. The van der Waals surface area contributed by atoms with Crippen LogP contribution in [-0.2, 0) is 14.3 Å². The van der Waals surface area contributed by atoms with Gasteiger partial charge in [0.15, 0.2) is 0 Å². The maximum Gasteiger partial charge on any atom is 0.407 e. The largest absolute Gasteiger partial charge is 0.480 e. The Morgan fingerprint density at radius 1 is 1.03 bits per heavy atom. The summed E-state index contributed by atoms with van der Waals surface area (Å²) in [7, 11) is 0. The van der Waals surface area contributed by atoms with Crippen molar-refractivity contribution in [3.8, 4) is 11.1 Å². The lowest BCUT2D eigenvalue weighted by Crippen LogP contribution is -2.51. The first kappa shape index (κ1) is 23.4. The molecule has 2 aromatic rings. The first-order valence-corrected chi connectivity index (χ1v) is 12.4. The van der Waals surface area contributed by atoms with Gasteiger partial charge >= 0.3 is 12.1 Å². The average molecular weight is 477 g/mol. The molecule has 2 fully saturated rings. The summed E-state index contributed by atoms with van der Waals surface area (Å²) in [6, 6.07) is 15.4. The number of carboxylic acids is 1. The first-order chi connectivity index (χ1) is 16.8. The minimum Gasteiger partial charge on any atom is -0.480 e. The lowest BCUT2D eigenvalue weighted by atomic mass is 9.74. The highest BCUT2D eigenvalue weighted by atomic mass is 16.5. The Bertz CT molecular complexity index is 1130. The Morgan fingerprint density at radius 2 is 1.63 bits per heavy atom. The van der Waals surface area contributed by atoms with Gasteiger partial charge in [-0.05, 0) is 52.8 Å². The smallest absolute Gasteiger partial charge is 0.407 e. The number of hydrogen-bond donors (Lipinski definition) is 3. The lowest BCUT2D eigenvalue weighted by molar-refractivity contribution is -0.144. The Morgan fingerprint density at radius 3 is 2.11 bits per heavy atom. The molecule has 1 unspecified atom stereocenters. The van der Waals surface area contributed by atoms with E-state index in [9.17, 15) is 19.5 Å². The summed E-state index contributed by atoms with van der Waals surface area (Å²) in [5.74, 6) is -1.60. The van der Waals surface area contributed by atoms with Crippen LogP contribution in [0.4, 0.5) is 4.79 Å². The van der Waals surface area contributed by atoms with Gasteiger partial charge in [-0.1, -0.05) is 68.8 Å². The zero-order valence-corrected chi connectivity index (χ0v) is 20.2. The van der Waals surface area contributed by atoms with Crippen molar-refractivity contribution in [2.45, 2.75) is 51.5 Å². The van der Waals surface area contributed by atoms with Crippen LogP contribution < -0.4 is 10.6 Å². The Kier molecular flexibility index (Phi) is 5.82. The number of ether oxygens (including phenoxy) is 1. The number of amides is 2. The standard InChI is InChI=1S/C28H32N2O5/c1-17(2)23(24(31)32)30-25(33)28(15-27(28)12-7-13-27)16-29-26(34)35-14-22-20-10-5-3-8-18(20)19-9-4-6-11-21(19)22/h3-6,8-11,17,22-23H,7,12-16H2,1-2H3,(H,29,34)(H,30,33)(H,31,32)/t23-,28?/m1/s1. The highest BCUT2D eigenvalue weighted by Gasteiger charge is 2.73. The van der Waals surface area contributed by atoms with Gasteiger partial charge in [-0.3, -0.25) is 4.79 Å². The quantitative estimate of drug-likeness (QED) is 0.527.